The van der Waals surface area contributed by atoms with Crippen molar-refractivity contribution in [2.75, 3.05) is 6.54 Å². The summed E-state index contributed by atoms with van der Waals surface area (Å²) in [6.45, 7) is 6.26. The summed E-state index contributed by atoms with van der Waals surface area (Å²) in [5.41, 5.74) is 2.69. The average molecular weight is 243 g/mol. The highest BCUT2D eigenvalue weighted by atomic mass is 15.3. The zero-order valence-corrected chi connectivity index (χ0v) is 11.1. The lowest BCUT2D eigenvalue weighted by atomic mass is 10.0. The second kappa shape index (κ2) is 6.36. The van der Waals surface area contributed by atoms with Gasteiger partial charge >= 0.3 is 0 Å². The number of nitrogens with one attached hydrogen (secondary N) is 1. The quantitative estimate of drug-likeness (QED) is 0.845. The van der Waals surface area contributed by atoms with Crippen LogP contribution in [-0.2, 0) is 6.54 Å². The Kier molecular flexibility index (Phi) is 4.53. The van der Waals surface area contributed by atoms with E-state index < -0.39 is 0 Å². The molecule has 18 heavy (non-hydrogen) atoms. The molecule has 1 aromatic carbocycles. The SMILES string of the molecule is CCCNC(Cn1cccn1)c1ccccc1C. The molecule has 3 nitrogen and oxygen atoms in total. The highest BCUT2D eigenvalue weighted by Gasteiger charge is 2.13. The molecule has 1 aromatic heterocycles. The van der Waals surface area contributed by atoms with Gasteiger partial charge in [-0.3, -0.25) is 4.68 Å². The van der Waals surface area contributed by atoms with E-state index >= 15 is 0 Å². The molecule has 0 bridgehead atoms. The number of aromatic nitrogens is 2. The van der Waals surface area contributed by atoms with Crippen LogP contribution in [0.4, 0.5) is 0 Å². The zero-order chi connectivity index (χ0) is 12.8. The number of aryl methyl sites for hydroxylation is 1. The Hall–Kier alpha value is -1.61. The molecule has 1 N–H and O–H groups in total. The van der Waals surface area contributed by atoms with E-state index in [-0.39, 0.29) is 0 Å². The van der Waals surface area contributed by atoms with E-state index in [1.807, 2.05) is 23.1 Å². The maximum atomic E-state index is 4.30. The third kappa shape index (κ3) is 3.20. The monoisotopic (exact) mass is 243 g/mol. The molecule has 0 saturated heterocycles. The van der Waals surface area contributed by atoms with E-state index in [2.05, 4.69) is 48.5 Å². The predicted molar refractivity (Wildman–Crippen MR) is 74.4 cm³/mol. The standard InChI is InChI=1S/C15H21N3/c1-3-9-16-15(12-18-11-6-10-17-18)14-8-5-4-7-13(14)2/h4-8,10-11,15-16H,3,9,12H2,1-2H3. The molecule has 3 heteroatoms. The number of nitrogens with zero attached hydrogens (tertiary/aromatic N) is 2. The fourth-order valence-electron chi connectivity index (χ4n) is 2.16. The third-order valence-corrected chi connectivity index (χ3v) is 3.13. The zero-order valence-electron chi connectivity index (χ0n) is 11.1. The van der Waals surface area contributed by atoms with E-state index in [1.54, 1.807) is 0 Å². The summed E-state index contributed by atoms with van der Waals surface area (Å²) in [6, 6.07) is 10.8. The highest BCUT2D eigenvalue weighted by Crippen LogP contribution is 2.19. The first kappa shape index (κ1) is 12.8. The van der Waals surface area contributed by atoms with Crippen molar-refractivity contribution >= 4 is 0 Å². The van der Waals surface area contributed by atoms with Crippen molar-refractivity contribution in [1.29, 1.82) is 0 Å². The van der Waals surface area contributed by atoms with Crippen LogP contribution in [0.1, 0.15) is 30.5 Å². The van der Waals surface area contributed by atoms with E-state index in [4.69, 9.17) is 0 Å². The van der Waals surface area contributed by atoms with Crippen molar-refractivity contribution < 1.29 is 0 Å². The number of benzene rings is 1. The smallest absolute Gasteiger partial charge is 0.0604 e. The van der Waals surface area contributed by atoms with Crippen LogP contribution in [0.3, 0.4) is 0 Å². The van der Waals surface area contributed by atoms with Crippen molar-refractivity contribution in [3.8, 4) is 0 Å². The number of rotatable bonds is 6. The van der Waals surface area contributed by atoms with Crippen molar-refractivity contribution in [3.63, 3.8) is 0 Å². The lowest BCUT2D eigenvalue weighted by molar-refractivity contribution is 0.437. The van der Waals surface area contributed by atoms with Gasteiger partial charge in [0.05, 0.1) is 12.6 Å². The lowest BCUT2D eigenvalue weighted by Gasteiger charge is -2.21. The molecule has 0 aliphatic rings. The van der Waals surface area contributed by atoms with E-state index in [0.717, 1.165) is 19.5 Å². The normalized spacial score (nSPS) is 12.6. The number of hydrogen-bond donors (Lipinski definition) is 1. The van der Waals surface area contributed by atoms with E-state index in [9.17, 15) is 0 Å². The highest BCUT2D eigenvalue weighted by molar-refractivity contribution is 5.28. The Morgan fingerprint density at radius 3 is 2.78 bits per heavy atom. The van der Waals surface area contributed by atoms with Crippen molar-refractivity contribution in [1.82, 2.24) is 15.1 Å². The summed E-state index contributed by atoms with van der Waals surface area (Å²) in [5, 5.41) is 7.90. The van der Waals surface area contributed by atoms with Gasteiger partial charge in [-0.15, -0.1) is 0 Å². The molecule has 1 atom stereocenters. The van der Waals surface area contributed by atoms with Gasteiger partial charge in [-0.25, -0.2) is 0 Å². The van der Waals surface area contributed by atoms with Crippen LogP contribution >= 0.6 is 0 Å². The molecular formula is C15H21N3. The molecule has 0 saturated carbocycles. The molecule has 96 valence electrons. The second-order valence-corrected chi connectivity index (χ2v) is 4.59. The van der Waals surface area contributed by atoms with Gasteiger partial charge in [-0.05, 0) is 37.1 Å². The van der Waals surface area contributed by atoms with Gasteiger partial charge in [0, 0.05) is 12.4 Å². The fourth-order valence-corrected chi connectivity index (χ4v) is 2.16. The molecule has 0 radical (unpaired) electrons. The number of hydrogen-bond acceptors (Lipinski definition) is 2. The summed E-state index contributed by atoms with van der Waals surface area (Å²) in [4.78, 5) is 0. The predicted octanol–water partition coefficient (Wildman–Crippen LogP) is 2.93. The average Bonchev–Trinajstić information content (AvgIpc) is 2.88. The summed E-state index contributed by atoms with van der Waals surface area (Å²) in [6.07, 6.45) is 4.98. The van der Waals surface area contributed by atoms with Crippen molar-refractivity contribution in [2.45, 2.75) is 32.9 Å². The Balaban J connectivity index is 2.16. The van der Waals surface area contributed by atoms with Crippen LogP contribution in [0.15, 0.2) is 42.7 Å². The third-order valence-electron chi connectivity index (χ3n) is 3.13. The van der Waals surface area contributed by atoms with Gasteiger partial charge in [0.2, 0.25) is 0 Å². The van der Waals surface area contributed by atoms with Crippen molar-refractivity contribution in [3.05, 3.63) is 53.9 Å². The fraction of sp³-hybridized carbons (Fsp3) is 0.400. The summed E-state index contributed by atoms with van der Waals surface area (Å²) in [7, 11) is 0. The minimum Gasteiger partial charge on any atom is -0.308 e. The lowest BCUT2D eigenvalue weighted by Crippen LogP contribution is -2.27. The van der Waals surface area contributed by atoms with Gasteiger partial charge in [-0.1, -0.05) is 31.2 Å². The molecule has 0 amide bonds. The topological polar surface area (TPSA) is 29.9 Å². The molecule has 1 unspecified atom stereocenters. The van der Waals surface area contributed by atoms with Gasteiger partial charge in [0.15, 0.2) is 0 Å². The first-order chi connectivity index (χ1) is 8.81. The summed E-state index contributed by atoms with van der Waals surface area (Å²) in [5.74, 6) is 0. The first-order valence-corrected chi connectivity index (χ1v) is 6.57. The second-order valence-electron chi connectivity index (χ2n) is 4.59. The minimum absolute atomic E-state index is 0.325. The Morgan fingerprint density at radius 1 is 1.28 bits per heavy atom. The van der Waals surface area contributed by atoms with Crippen LogP contribution in [0.2, 0.25) is 0 Å². The Morgan fingerprint density at radius 2 is 2.11 bits per heavy atom. The van der Waals surface area contributed by atoms with E-state index in [1.165, 1.54) is 11.1 Å². The van der Waals surface area contributed by atoms with Crippen LogP contribution in [-0.4, -0.2) is 16.3 Å². The summed E-state index contributed by atoms with van der Waals surface area (Å²) >= 11 is 0. The summed E-state index contributed by atoms with van der Waals surface area (Å²) < 4.78 is 1.99. The van der Waals surface area contributed by atoms with Crippen LogP contribution in [0.5, 0.6) is 0 Å². The first-order valence-electron chi connectivity index (χ1n) is 6.57. The van der Waals surface area contributed by atoms with Crippen LogP contribution in [0.25, 0.3) is 0 Å². The van der Waals surface area contributed by atoms with Gasteiger partial charge in [0.25, 0.3) is 0 Å². The molecule has 2 aromatic rings. The maximum Gasteiger partial charge on any atom is 0.0604 e. The Bertz CT molecular complexity index is 462. The molecule has 0 aliphatic heterocycles. The largest absolute Gasteiger partial charge is 0.308 e. The van der Waals surface area contributed by atoms with Crippen LogP contribution < -0.4 is 5.32 Å². The minimum atomic E-state index is 0.325. The van der Waals surface area contributed by atoms with Crippen molar-refractivity contribution in [2.24, 2.45) is 0 Å². The van der Waals surface area contributed by atoms with Gasteiger partial charge in [0.1, 0.15) is 0 Å². The van der Waals surface area contributed by atoms with E-state index in [0.29, 0.717) is 6.04 Å². The Labute approximate surface area is 109 Å². The van der Waals surface area contributed by atoms with Gasteiger partial charge in [-0.2, -0.15) is 5.10 Å². The molecule has 2 rings (SSSR count). The molecule has 0 spiro atoms. The molecular weight excluding hydrogens is 222 g/mol. The molecule has 1 heterocycles. The maximum absolute atomic E-state index is 4.30. The van der Waals surface area contributed by atoms with Gasteiger partial charge < -0.3 is 5.32 Å². The molecule has 0 aliphatic carbocycles. The molecule has 0 fully saturated rings. The van der Waals surface area contributed by atoms with Crippen LogP contribution in [0, 0.1) is 6.92 Å².